The number of anilines is 1. The van der Waals surface area contributed by atoms with Crippen molar-refractivity contribution in [3.05, 3.63) is 81.8 Å². The summed E-state index contributed by atoms with van der Waals surface area (Å²) in [6.45, 7) is 0.0570. The molecular formula is C19H15FN6O3. The molecule has 10 heteroatoms. The van der Waals surface area contributed by atoms with Crippen LogP contribution in [-0.4, -0.2) is 30.2 Å². The SMILES string of the molecule is O=C(CCn1c(=O)[nH]c(=O)c2ccccc21)Nc1ccc(-n2cncn2)c(F)c1. The van der Waals surface area contributed by atoms with Crippen LogP contribution in [0.5, 0.6) is 0 Å². The molecule has 0 aliphatic heterocycles. The quantitative estimate of drug-likeness (QED) is 0.532. The van der Waals surface area contributed by atoms with Crippen molar-refractivity contribution >= 4 is 22.5 Å². The van der Waals surface area contributed by atoms with Crippen molar-refractivity contribution in [3.8, 4) is 5.69 Å². The molecule has 9 nitrogen and oxygen atoms in total. The summed E-state index contributed by atoms with van der Waals surface area (Å²) in [7, 11) is 0. The zero-order valence-electron chi connectivity index (χ0n) is 15.0. The first-order chi connectivity index (χ1) is 14.0. The number of fused-ring (bicyclic) bond motifs is 1. The highest BCUT2D eigenvalue weighted by atomic mass is 19.1. The minimum absolute atomic E-state index is 0.0393. The van der Waals surface area contributed by atoms with E-state index >= 15 is 0 Å². The summed E-state index contributed by atoms with van der Waals surface area (Å²) in [6.07, 6.45) is 2.61. The standard InChI is InChI=1S/C19H15FN6O3/c20-14-9-12(5-6-16(14)26-11-21-10-22-26)23-17(27)7-8-25-15-4-2-1-3-13(15)18(28)24-19(25)29/h1-6,9-11H,7-8H2,(H,23,27)(H,24,28,29). The zero-order valence-corrected chi connectivity index (χ0v) is 15.0. The first-order valence-corrected chi connectivity index (χ1v) is 8.69. The summed E-state index contributed by atoms with van der Waals surface area (Å²) in [5.41, 5.74) is -0.155. The lowest BCUT2D eigenvalue weighted by atomic mass is 10.2. The Kier molecular flexibility index (Phi) is 4.73. The summed E-state index contributed by atoms with van der Waals surface area (Å²) in [4.78, 5) is 42.3. The van der Waals surface area contributed by atoms with Crippen molar-refractivity contribution in [1.82, 2.24) is 24.3 Å². The van der Waals surface area contributed by atoms with E-state index in [0.717, 1.165) is 0 Å². The van der Waals surface area contributed by atoms with Gasteiger partial charge in [-0.25, -0.2) is 18.9 Å². The topological polar surface area (TPSA) is 115 Å². The molecule has 2 aromatic carbocycles. The number of amides is 1. The van der Waals surface area contributed by atoms with Crippen LogP contribution in [0.15, 0.2) is 64.7 Å². The maximum absolute atomic E-state index is 14.3. The number of carbonyl (C=O) groups excluding carboxylic acids is 1. The van der Waals surface area contributed by atoms with Crippen LogP contribution in [0.3, 0.4) is 0 Å². The number of hydrogen-bond donors (Lipinski definition) is 2. The number of para-hydroxylation sites is 1. The molecule has 4 aromatic rings. The van der Waals surface area contributed by atoms with E-state index in [1.807, 2.05) is 0 Å². The number of nitrogens with zero attached hydrogens (tertiary/aromatic N) is 4. The molecule has 0 radical (unpaired) electrons. The van der Waals surface area contributed by atoms with Gasteiger partial charge < -0.3 is 5.32 Å². The second-order valence-corrected chi connectivity index (χ2v) is 6.23. The van der Waals surface area contributed by atoms with Gasteiger partial charge in [-0.05, 0) is 30.3 Å². The minimum Gasteiger partial charge on any atom is -0.326 e. The number of halogens is 1. The summed E-state index contributed by atoms with van der Waals surface area (Å²) < 4.78 is 16.9. The fourth-order valence-corrected chi connectivity index (χ4v) is 3.00. The highest BCUT2D eigenvalue weighted by Crippen LogP contribution is 2.17. The molecule has 0 atom stereocenters. The fourth-order valence-electron chi connectivity index (χ4n) is 3.00. The Morgan fingerprint density at radius 3 is 2.76 bits per heavy atom. The molecule has 29 heavy (non-hydrogen) atoms. The van der Waals surface area contributed by atoms with Crippen LogP contribution in [0.1, 0.15) is 6.42 Å². The molecule has 0 spiro atoms. The molecule has 2 heterocycles. The van der Waals surface area contributed by atoms with Crippen LogP contribution in [-0.2, 0) is 11.3 Å². The molecule has 2 N–H and O–H groups in total. The molecule has 2 aromatic heterocycles. The van der Waals surface area contributed by atoms with Crippen LogP contribution in [0.25, 0.3) is 16.6 Å². The van der Waals surface area contributed by atoms with E-state index in [2.05, 4.69) is 20.4 Å². The van der Waals surface area contributed by atoms with E-state index in [1.54, 1.807) is 30.3 Å². The Bertz CT molecular complexity index is 1310. The van der Waals surface area contributed by atoms with Crippen molar-refractivity contribution in [2.45, 2.75) is 13.0 Å². The van der Waals surface area contributed by atoms with Gasteiger partial charge in [0.1, 0.15) is 18.3 Å². The number of carbonyl (C=O) groups is 1. The molecule has 0 bridgehead atoms. The van der Waals surface area contributed by atoms with E-state index < -0.39 is 23.0 Å². The molecule has 1 amide bonds. The van der Waals surface area contributed by atoms with Crippen molar-refractivity contribution < 1.29 is 9.18 Å². The molecular weight excluding hydrogens is 379 g/mol. The van der Waals surface area contributed by atoms with Crippen molar-refractivity contribution in [3.63, 3.8) is 0 Å². The van der Waals surface area contributed by atoms with E-state index in [0.29, 0.717) is 10.9 Å². The molecule has 0 aliphatic rings. The van der Waals surface area contributed by atoms with E-state index in [4.69, 9.17) is 0 Å². The fraction of sp³-hybridized carbons (Fsp3) is 0.105. The maximum atomic E-state index is 14.3. The molecule has 0 aliphatic carbocycles. The number of H-pyrrole nitrogens is 1. The Morgan fingerprint density at radius 2 is 2.00 bits per heavy atom. The van der Waals surface area contributed by atoms with Gasteiger partial charge in [0.25, 0.3) is 5.56 Å². The third kappa shape index (κ3) is 3.68. The zero-order chi connectivity index (χ0) is 20.4. The van der Waals surface area contributed by atoms with E-state index in [-0.39, 0.29) is 24.3 Å². The average molecular weight is 394 g/mol. The predicted molar refractivity (Wildman–Crippen MR) is 103 cm³/mol. The van der Waals surface area contributed by atoms with Crippen molar-refractivity contribution in [2.75, 3.05) is 5.32 Å². The van der Waals surface area contributed by atoms with Crippen LogP contribution in [0, 0.1) is 5.82 Å². The highest BCUT2D eigenvalue weighted by molar-refractivity contribution is 5.90. The lowest BCUT2D eigenvalue weighted by molar-refractivity contribution is -0.116. The smallest absolute Gasteiger partial charge is 0.326 e. The molecule has 4 rings (SSSR count). The number of nitrogens with one attached hydrogen (secondary N) is 2. The summed E-state index contributed by atoms with van der Waals surface area (Å²) >= 11 is 0. The minimum atomic E-state index is -0.593. The summed E-state index contributed by atoms with van der Waals surface area (Å²) in [5, 5.41) is 6.81. The average Bonchev–Trinajstić information content (AvgIpc) is 3.22. The van der Waals surface area contributed by atoms with Gasteiger partial charge in [-0.1, -0.05) is 12.1 Å². The largest absolute Gasteiger partial charge is 0.328 e. The molecule has 0 fully saturated rings. The lowest BCUT2D eigenvalue weighted by Crippen LogP contribution is -2.31. The molecule has 0 unspecified atom stereocenters. The van der Waals surface area contributed by atoms with Gasteiger partial charge in [0, 0.05) is 18.7 Å². The Hall–Kier alpha value is -4.08. The second-order valence-electron chi connectivity index (χ2n) is 6.23. The third-order valence-corrected chi connectivity index (χ3v) is 4.36. The molecule has 146 valence electrons. The van der Waals surface area contributed by atoms with Crippen molar-refractivity contribution in [1.29, 1.82) is 0 Å². The number of aromatic amines is 1. The number of rotatable bonds is 5. The van der Waals surface area contributed by atoms with Gasteiger partial charge >= 0.3 is 5.69 Å². The van der Waals surface area contributed by atoms with Gasteiger partial charge in [-0.2, -0.15) is 5.10 Å². The lowest BCUT2D eigenvalue weighted by Gasteiger charge is -2.10. The summed E-state index contributed by atoms with van der Waals surface area (Å²) in [6, 6.07) is 10.8. The monoisotopic (exact) mass is 394 g/mol. The van der Waals surface area contributed by atoms with E-state index in [1.165, 1.54) is 34.0 Å². The second kappa shape index (κ2) is 7.50. The number of aryl methyl sites for hydroxylation is 1. The number of hydrogen-bond acceptors (Lipinski definition) is 5. The maximum Gasteiger partial charge on any atom is 0.328 e. The third-order valence-electron chi connectivity index (χ3n) is 4.36. The van der Waals surface area contributed by atoms with E-state index in [9.17, 15) is 18.8 Å². The number of aromatic nitrogens is 5. The normalized spacial score (nSPS) is 10.9. The molecule has 0 saturated heterocycles. The van der Waals surface area contributed by atoms with Crippen LogP contribution in [0.2, 0.25) is 0 Å². The van der Waals surface area contributed by atoms with Gasteiger partial charge in [-0.3, -0.25) is 19.1 Å². The Labute approximate surface area is 162 Å². The van der Waals surface area contributed by atoms with Gasteiger partial charge in [-0.15, -0.1) is 0 Å². The van der Waals surface area contributed by atoms with Gasteiger partial charge in [0.2, 0.25) is 5.91 Å². The first-order valence-electron chi connectivity index (χ1n) is 8.69. The van der Waals surface area contributed by atoms with Crippen molar-refractivity contribution in [2.24, 2.45) is 0 Å². The Morgan fingerprint density at radius 1 is 1.17 bits per heavy atom. The summed E-state index contributed by atoms with van der Waals surface area (Å²) in [5.74, 6) is -0.976. The molecule has 0 saturated carbocycles. The predicted octanol–water partition coefficient (Wildman–Crippen LogP) is 1.44. The van der Waals surface area contributed by atoms with Gasteiger partial charge in [0.15, 0.2) is 5.82 Å². The van der Waals surface area contributed by atoms with Crippen LogP contribution in [0.4, 0.5) is 10.1 Å². The van der Waals surface area contributed by atoms with Gasteiger partial charge in [0.05, 0.1) is 10.9 Å². The number of benzene rings is 2. The highest BCUT2D eigenvalue weighted by Gasteiger charge is 2.11. The first kappa shape index (κ1) is 18.3. The Balaban J connectivity index is 1.49. The van der Waals surface area contributed by atoms with Crippen LogP contribution >= 0.6 is 0 Å². The van der Waals surface area contributed by atoms with Crippen LogP contribution < -0.4 is 16.6 Å².